The minimum Gasteiger partial charge on any atom is -0.493 e. The third-order valence-corrected chi connectivity index (χ3v) is 3.07. The lowest BCUT2D eigenvalue weighted by molar-refractivity contribution is 0.00372. The van der Waals surface area contributed by atoms with E-state index in [9.17, 15) is 0 Å². The smallest absolute Gasteiger partial charge is 0.189 e. The zero-order valence-electron chi connectivity index (χ0n) is 12.2. The van der Waals surface area contributed by atoms with Crippen LogP contribution in [0.2, 0.25) is 0 Å². The second-order valence-corrected chi connectivity index (χ2v) is 4.62. The molecule has 4 heteroatoms. The average Bonchev–Trinajstić information content (AvgIpc) is 2.53. The fourth-order valence-electron chi connectivity index (χ4n) is 1.99. The van der Waals surface area contributed by atoms with Crippen molar-refractivity contribution < 1.29 is 14.2 Å². The number of hydrogen-bond donors (Lipinski definition) is 1. The molecule has 0 fully saturated rings. The topological polar surface area (TPSA) is 53.7 Å². The van der Waals surface area contributed by atoms with Gasteiger partial charge in [0.05, 0.1) is 13.7 Å². The van der Waals surface area contributed by atoms with Gasteiger partial charge in [-0.3, -0.25) is 0 Å². The zero-order chi connectivity index (χ0) is 14.9. The van der Waals surface area contributed by atoms with Gasteiger partial charge in [0.2, 0.25) is 0 Å². The maximum Gasteiger partial charge on any atom is 0.189 e. The van der Waals surface area contributed by atoms with Gasteiger partial charge >= 0.3 is 0 Å². The van der Waals surface area contributed by atoms with Crippen molar-refractivity contribution in [2.75, 3.05) is 20.4 Å². The zero-order valence-corrected chi connectivity index (χ0v) is 12.2. The van der Waals surface area contributed by atoms with E-state index >= 15 is 0 Å². The van der Waals surface area contributed by atoms with Crippen LogP contribution in [0.5, 0.6) is 11.5 Å². The van der Waals surface area contributed by atoms with Crippen molar-refractivity contribution >= 4 is 0 Å². The van der Waals surface area contributed by atoms with E-state index in [0.717, 1.165) is 17.5 Å². The van der Waals surface area contributed by atoms with Crippen LogP contribution < -0.4 is 15.2 Å². The van der Waals surface area contributed by atoms with E-state index in [0.29, 0.717) is 24.7 Å². The molecule has 0 aromatic heterocycles. The lowest BCUT2D eigenvalue weighted by atomic mass is 10.1. The standard InChI is InChI=1S/C17H21NO3/c1-19-16-8-7-14(9-10-18)11-17(16)21-13-20-12-15-5-3-2-4-6-15/h2-8,11H,9-10,12-13,18H2,1H3. The number of hydrogen-bond acceptors (Lipinski definition) is 4. The monoisotopic (exact) mass is 287 g/mol. The van der Waals surface area contributed by atoms with Crippen LogP contribution in [0, 0.1) is 0 Å². The van der Waals surface area contributed by atoms with E-state index in [1.54, 1.807) is 7.11 Å². The molecule has 0 heterocycles. The van der Waals surface area contributed by atoms with Crippen molar-refractivity contribution in [1.82, 2.24) is 0 Å². The SMILES string of the molecule is COc1ccc(CCN)cc1OCOCc1ccccc1. The molecule has 0 aliphatic heterocycles. The summed E-state index contributed by atoms with van der Waals surface area (Å²) in [4.78, 5) is 0. The minimum absolute atomic E-state index is 0.178. The molecular formula is C17H21NO3. The first-order valence-electron chi connectivity index (χ1n) is 6.95. The molecule has 0 aliphatic carbocycles. The molecule has 0 unspecified atom stereocenters. The van der Waals surface area contributed by atoms with Crippen LogP contribution >= 0.6 is 0 Å². The summed E-state index contributed by atoms with van der Waals surface area (Å²) in [6.45, 7) is 1.30. The summed E-state index contributed by atoms with van der Waals surface area (Å²) in [5.41, 5.74) is 7.81. The van der Waals surface area contributed by atoms with E-state index in [2.05, 4.69) is 0 Å². The Hall–Kier alpha value is -2.04. The van der Waals surface area contributed by atoms with Gasteiger partial charge in [-0.1, -0.05) is 36.4 Å². The number of nitrogens with two attached hydrogens (primary N) is 1. The van der Waals surface area contributed by atoms with E-state index in [-0.39, 0.29) is 6.79 Å². The van der Waals surface area contributed by atoms with Gasteiger partial charge in [-0.15, -0.1) is 0 Å². The maximum atomic E-state index is 5.65. The summed E-state index contributed by atoms with van der Waals surface area (Å²) in [5.74, 6) is 1.37. The Labute approximate surface area is 125 Å². The van der Waals surface area contributed by atoms with Gasteiger partial charge in [0.1, 0.15) is 0 Å². The number of ether oxygens (including phenoxy) is 3. The summed E-state index contributed by atoms with van der Waals surface area (Å²) in [5, 5.41) is 0. The first kappa shape index (κ1) is 15.4. The van der Waals surface area contributed by atoms with Crippen LogP contribution in [0.15, 0.2) is 48.5 Å². The second kappa shape index (κ2) is 8.29. The number of benzene rings is 2. The van der Waals surface area contributed by atoms with Gasteiger partial charge in [0.25, 0.3) is 0 Å². The highest BCUT2D eigenvalue weighted by Gasteiger charge is 2.05. The van der Waals surface area contributed by atoms with Gasteiger partial charge in [0, 0.05) is 0 Å². The molecule has 0 amide bonds. The fraction of sp³-hybridized carbons (Fsp3) is 0.294. The Balaban J connectivity index is 1.88. The lowest BCUT2D eigenvalue weighted by Crippen LogP contribution is -2.06. The molecule has 0 bridgehead atoms. The quantitative estimate of drug-likeness (QED) is 0.599. The molecule has 2 aromatic rings. The molecule has 0 aliphatic rings. The van der Waals surface area contributed by atoms with Crippen LogP contribution in [-0.4, -0.2) is 20.4 Å². The normalized spacial score (nSPS) is 10.4. The third-order valence-electron chi connectivity index (χ3n) is 3.07. The molecule has 0 saturated carbocycles. The van der Waals surface area contributed by atoms with Crippen LogP contribution in [-0.2, 0) is 17.8 Å². The molecule has 2 N–H and O–H groups in total. The van der Waals surface area contributed by atoms with E-state index in [1.807, 2.05) is 48.5 Å². The summed E-state index contributed by atoms with van der Waals surface area (Å²) >= 11 is 0. The molecule has 2 aromatic carbocycles. The third kappa shape index (κ3) is 4.77. The highest BCUT2D eigenvalue weighted by atomic mass is 16.7. The van der Waals surface area contributed by atoms with E-state index in [1.165, 1.54) is 0 Å². The van der Waals surface area contributed by atoms with Gasteiger partial charge in [-0.25, -0.2) is 0 Å². The Morgan fingerprint density at radius 3 is 2.48 bits per heavy atom. The highest BCUT2D eigenvalue weighted by molar-refractivity contribution is 5.43. The Morgan fingerprint density at radius 1 is 0.952 bits per heavy atom. The van der Waals surface area contributed by atoms with Crippen LogP contribution in [0.25, 0.3) is 0 Å². The van der Waals surface area contributed by atoms with Crippen molar-refractivity contribution in [1.29, 1.82) is 0 Å². The molecule has 21 heavy (non-hydrogen) atoms. The molecule has 0 saturated heterocycles. The Kier molecular flexibility index (Phi) is 6.06. The highest BCUT2D eigenvalue weighted by Crippen LogP contribution is 2.28. The van der Waals surface area contributed by atoms with Crippen molar-refractivity contribution in [3.63, 3.8) is 0 Å². The molecule has 0 spiro atoms. The van der Waals surface area contributed by atoms with Gasteiger partial charge in [-0.2, -0.15) is 0 Å². The fourth-order valence-corrected chi connectivity index (χ4v) is 1.99. The van der Waals surface area contributed by atoms with Crippen molar-refractivity contribution in [3.8, 4) is 11.5 Å². The maximum absolute atomic E-state index is 5.65. The van der Waals surface area contributed by atoms with Gasteiger partial charge in [0.15, 0.2) is 18.3 Å². The molecule has 0 radical (unpaired) electrons. The van der Waals surface area contributed by atoms with E-state index < -0.39 is 0 Å². The molecule has 2 rings (SSSR count). The predicted octanol–water partition coefficient (Wildman–Crippen LogP) is 2.75. The summed E-state index contributed by atoms with van der Waals surface area (Å²) in [6, 6.07) is 15.8. The van der Waals surface area contributed by atoms with Crippen LogP contribution in [0.4, 0.5) is 0 Å². The molecule has 4 nitrogen and oxygen atoms in total. The van der Waals surface area contributed by atoms with Crippen LogP contribution in [0.1, 0.15) is 11.1 Å². The minimum atomic E-state index is 0.178. The largest absolute Gasteiger partial charge is 0.493 e. The Morgan fingerprint density at radius 2 is 1.76 bits per heavy atom. The lowest BCUT2D eigenvalue weighted by Gasteiger charge is -2.12. The second-order valence-electron chi connectivity index (χ2n) is 4.62. The summed E-state index contributed by atoms with van der Waals surface area (Å²) in [6.07, 6.45) is 0.811. The van der Waals surface area contributed by atoms with Crippen LogP contribution in [0.3, 0.4) is 0 Å². The van der Waals surface area contributed by atoms with Gasteiger partial charge in [-0.05, 0) is 36.2 Å². The number of methoxy groups -OCH3 is 1. The molecular weight excluding hydrogens is 266 g/mol. The number of rotatable bonds is 8. The van der Waals surface area contributed by atoms with Crippen molar-refractivity contribution in [3.05, 3.63) is 59.7 Å². The first-order chi connectivity index (χ1) is 10.3. The predicted molar refractivity (Wildman–Crippen MR) is 82.5 cm³/mol. The van der Waals surface area contributed by atoms with Gasteiger partial charge < -0.3 is 19.9 Å². The average molecular weight is 287 g/mol. The van der Waals surface area contributed by atoms with Crippen molar-refractivity contribution in [2.24, 2.45) is 5.73 Å². The van der Waals surface area contributed by atoms with E-state index in [4.69, 9.17) is 19.9 Å². The Bertz CT molecular complexity index is 543. The summed E-state index contributed by atoms with van der Waals surface area (Å²) in [7, 11) is 1.62. The van der Waals surface area contributed by atoms with Crippen molar-refractivity contribution in [2.45, 2.75) is 13.0 Å². The molecule has 112 valence electrons. The first-order valence-corrected chi connectivity index (χ1v) is 6.95. The molecule has 0 atom stereocenters. The summed E-state index contributed by atoms with van der Waals surface area (Å²) < 4.78 is 16.5.